The third-order valence-corrected chi connectivity index (χ3v) is 2.57. The third kappa shape index (κ3) is 4.21. The van der Waals surface area contributed by atoms with Crippen molar-refractivity contribution in [3.05, 3.63) is 0 Å². The van der Waals surface area contributed by atoms with Crippen molar-refractivity contribution in [1.82, 2.24) is 5.32 Å². The number of ketones is 1. The molecule has 0 radical (unpaired) electrons. The van der Waals surface area contributed by atoms with Crippen molar-refractivity contribution >= 4 is 11.9 Å². The summed E-state index contributed by atoms with van der Waals surface area (Å²) in [6.07, 6.45) is 2.27. The molecule has 92 valence electrons. The Labute approximate surface area is 96.7 Å². The van der Waals surface area contributed by atoms with Crippen LogP contribution in [-0.4, -0.2) is 23.0 Å². The van der Waals surface area contributed by atoms with E-state index < -0.39 is 17.2 Å². The van der Waals surface area contributed by atoms with Gasteiger partial charge in [-0.25, -0.2) is 4.79 Å². The van der Waals surface area contributed by atoms with Gasteiger partial charge in [-0.2, -0.15) is 0 Å². The molecule has 1 aliphatic carbocycles. The van der Waals surface area contributed by atoms with Crippen LogP contribution in [0, 0.1) is 0 Å². The predicted molar refractivity (Wildman–Crippen MR) is 61.2 cm³/mol. The molecule has 1 saturated carbocycles. The van der Waals surface area contributed by atoms with Crippen LogP contribution < -0.4 is 5.32 Å². The number of hydrogen-bond donors (Lipinski definition) is 1. The molecule has 0 spiro atoms. The van der Waals surface area contributed by atoms with Crippen LogP contribution in [0.4, 0.5) is 4.79 Å². The number of carbonyl (C=O) groups is 2. The van der Waals surface area contributed by atoms with Gasteiger partial charge in [0.1, 0.15) is 11.4 Å². The van der Waals surface area contributed by atoms with Crippen molar-refractivity contribution in [3.8, 4) is 0 Å². The van der Waals surface area contributed by atoms with E-state index in [1.165, 1.54) is 0 Å². The second-order valence-corrected chi connectivity index (χ2v) is 5.76. The van der Waals surface area contributed by atoms with Crippen molar-refractivity contribution in [2.45, 2.75) is 64.5 Å². The van der Waals surface area contributed by atoms with Crippen molar-refractivity contribution < 1.29 is 14.3 Å². The van der Waals surface area contributed by atoms with Gasteiger partial charge in [0.25, 0.3) is 0 Å². The van der Waals surface area contributed by atoms with E-state index in [0.29, 0.717) is 12.8 Å². The Morgan fingerprint density at radius 1 is 1.44 bits per heavy atom. The summed E-state index contributed by atoms with van der Waals surface area (Å²) < 4.78 is 5.18. The van der Waals surface area contributed by atoms with E-state index in [4.69, 9.17) is 4.74 Å². The average Bonchev–Trinajstić information content (AvgIpc) is 1.96. The first kappa shape index (κ1) is 13.0. The predicted octanol–water partition coefficient (Wildman–Crippen LogP) is 2.41. The summed E-state index contributed by atoms with van der Waals surface area (Å²) >= 11 is 0. The van der Waals surface area contributed by atoms with E-state index in [2.05, 4.69) is 5.32 Å². The molecule has 0 unspecified atom stereocenters. The Hall–Kier alpha value is -1.06. The number of amides is 1. The largest absolute Gasteiger partial charge is 0.444 e. The molecule has 0 aliphatic heterocycles. The molecular weight excluding hydrogens is 206 g/mol. The van der Waals surface area contributed by atoms with Gasteiger partial charge in [-0.1, -0.05) is 0 Å². The second kappa shape index (κ2) is 4.44. The first-order valence-electron chi connectivity index (χ1n) is 5.73. The van der Waals surface area contributed by atoms with Gasteiger partial charge in [0.15, 0.2) is 0 Å². The molecule has 16 heavy (non-hydrogen) atoms. The molecule has 1 fully saturated rings. The van der Waals surface area contributed by atoms with Crippen LogP contribution in [0.2, 0.25) is 0 Å². The first-order chi connectivity index (χ1) is 7.20. The first-order valence-corrected chi connectivity index (χ1v) is 5.73. The van der Waals surface area contributed by atoms with Gasteiger partial charge in [0.05, 0.1) is 0 Å². The van der Waals surface area contributed by atoms with E-state index in [-0.39, 0.29) is 5.78 Å². The lowest BCUT2D eigenvalue weighted by molar-refractivity contribution is -0.122. The van der Waals surface area contributed by atoms with Gasteiger partial charge < -0.3 is 10.1 Å². The number of hydrogen-bond acceptors (Lipinski definition) is 3. The molecule has 0 aromatic heterocycles. The maximum atomic E-state index is 11.6. The van der Waals surface area contributed by atoms with Gasteiger partial charge in [-0.05, 0) is 40.5 Å². The lowest BCUT2D eigenvalue weighted by Gasteiger charge is -2.34. The van der Waals surface area contributed by atoms with Crippen LogP contribution in [0.15, 0.2) is 0 Å². The highest BCUT2D eigenvalue weighted by Gasteiger charge is 2.33. The average molecular weight is 227 g/mol. The number of rotatable bonds is 1. The SMILES string of the molecule is CC(C)(C)OC(=O)N[C@@]1(C)CCCC(=O)C1. The highest BCUT2D eigenvalue weighted by molar-refractivity contribution is 5.81. The van der Waals surface area contributed by atoms with Gasteiger partial charge in [-0.3, -0.25) is 4.79 Å². The molecule has 1 aliphatic rings. The second-order valence-electron chi connectivity index (χ2n) is 5.76. The molecule has 0 heterocycles. The Morgan fingerprint density at radius 3 is 2.56 bits per heavy atom. The van der Waals surface area contributed by atoms with E-state index in [0.717, 1.165) is 12.8 Å². The Morgan fingerprint density at radius 2 is 2.06 bits per heavy atom. The molecule has 0 saturated heterocycles. The zero-order valence-corrected chi connectivity index (χ0v) is 10.6. The van der Waals surface area contributed by atoms with Crippen LogP contribution >= 0.6 is 0 Å². The number of nitrogens with one attached hydrogen (secondary N) is 1. The van der Waals surface area contributed by atoms with Crippen molar-refractivity contribution in [1.29, 1.82) is 0 Å². The molecule has 4 heteroatoms. The van der Waals surface area contributed by atoms with E-state index >= 15 is 0 Å². The number of Topliss-reactive ketones (excluding diaryl/α,β-unsaturated/α-hetero) is 1. The molecule has 1 rings (SSSR count). The number of alkyl carbamates (subject to hydrolysis) is 1. The number of carbonyl (C=O) groups excluding carboxylic acids is 2. The Balaban J connectivity index is 2.52. The van der Waals surface area contributed by atoms with Crippen LogP contribution in [0.5, 0.6) is 0 Å². The summed E-state index contributed by atoms with van der Waals surface area (Å²) in [6, 6.07) is 0. The summed E-state index contributed by atoms with van der Waals surface area (Å²) in [7, 11) is 0. The summed E-state index contributed by atoms with van der Waals surface area (Å²) in [4.78, 5) is 22.9. The minimum atomic E-state index is -0.501. The van der Waals surface area contributed by atoms with Crippen LogP contribution in [0.25, 0.3) is 0 Å². The molecule has 0 aromatic rings. The normalized spacial score (nSPS) is 26.4. The summed E-state index contributed by atoms with van der Waals surface area (Å²) in [5, 5.41) is 2.80. The molecule has 0 bridgehead atoms. The monoisotopic (exact) mass is 227 g/mol. The molecule has 1 atom stereocenters. The molecule has 4 nitrogen and oxygen atoms in total. The molecule has 0 aromatic carbocycles. The highest BCUT2D eigenvalue weighted by atomic mass is 16.6. The third-order valence-electron chi connectivity index (χ3n) is 2.57. The minimum absolute atomic E-state index is 0.213. The zero-order valence-electron chi connectivity index (χ0n) is 10.6. The van der Waals surface area contributed by atoms with Crippen molar-refractivity contribution in [3.63, 3.8) is 0 Å². The minimum Gasteiger partial charge on any atom is -0.444 e. The Kier molecular flexibility index (Phi) is 3.61. The van der Waals surface area contributed by atoms with E-state index in [1.54, 1.807) is 0 Å². The standard InChI is InChI=1S/C12H21NO3/c1-11(2,3)16-10(15)13-12(4)7-5-6-9(14)8-12/h5-8H2,1-4H3,(H,13,15)/t12-/m0/s1. The molecular formula is C12H21NO3. The maximum Gasteiger partial charge on any atom is 0.408 e. The fourth-order valence-electron chi connectivity index (χ4n) is 1.94. The van der Waals surface area contributed by atoms with Gasteiger partial charge in [-0.15, -0.1) is 0 Å². The van der Waals surface area contributed by atoms with Crippen molar-refractivity contribution in [2.75, 3.05) is 0 Å². The lowest BCUT2D eigenvalue weighted by Crippen LogP contribution is -2.50. The van der Waals surface area contributed by atoms with Crippen LogP contribution in [0.3, 0.4) is 0 Å². The fraction of sp³-hybridized carbons (Fsp3) is 0.833. The summed E-state index contributed by atoms with van der Waals surface area (Å²) in [5.74, 6) is 0.213. The fourth-order valence-corrected chi connectivity index (χ4v) is 1.94. The van der Waals surface area contributed by atoms with Crippen molar-refractivity contribution in [2.24, 2.45) is 0 Å². The van der Waals surface area contributed by atoms with Gasteiger partial charge >= 0.3 is 6.09 Å². The van der Waals surface area contributed by atoms with E-state index in [1.807, 2.05) is 27.7 Å². The maximum absolute atomic E-state index is 11.6. The zero-order chi connectivity index (χ0) is 12.4. The van der Waals surface area contributed by atoms with Gasteiger partial charge in [0, 0.05) is 18.4 Å². The molecule has 1 N–H and O–H groups in total. The quantitative estimate of drug-likeness (QED) is 0.748. The Bertz CT molecular complexity index is 293. The summed E-state index contributed by atoms with van der Waals surface area (Å²) in [5.41, 5.74) is -0.934. The van der Waals surface area contributed by atoms with E-state index in [9.17, 15) is 9.59 Å². The topological polar surface area (TPSA) is 55.4 Å². The van der Waals surface area contributed by atoms with Crippen LogP contribution in [-0.2, 0) is 9.53 Å². The molecule has 1 amide bonds. The summed E-state index contributed by atoms with van der Waals surface area (Å²) in [6.45, 7) is 7.36. The van der Waals surface area contributed by atoms with Gasteiger partial charge in [0.2, 0.25) is 0 Å². The van der Waals surface area contributed by atoms with Crippen LogP contribution in [0.1, 0.15) is 53.4 Å². The number of ether oxygens (including phenoxy) is 1. The highest BCUT2D eigenvalue weighted by Crippen LogP contribution is 2.25. The lowest BCUT2D eigenvalue weighted by atomic mass is 9.83. The smallest absolute Gasteiger partial charge is 0.408 e.